The van der Waals surface area contributed by atoms with Gasteiger partial charge in [0.05, 0.1) is 0 Å². The molecule has 0 heterocycles. The van der Waals surface area contributed by atoms with E-state index in [0.29, 0.717) is 17.4 Å². The Labute approximate surface area is 121 Å². The summed E-state index contributed by atoms with van der Waals surface area (Å²) < 4.78 is 5.51. The molecule has 0 aromatic heterocycles. The minimum absolute atomic E-state index is 0.0385. The first-order valence-corrected chi connectivity index (χ1v) is 7.16. The van der Waals surface area contributed by atoms with E-state index in [1.54, 1.807) is 12.1 Å². The summed E-state index contributed by atoms with van der Waals surface area (Å²) in [5.41, 5.74) is 7.30. The molecule has 3 N–H and O–H groups in total. The quantitative estimate of drug-likeness (QED) is 0.754. The molecule has 0 spiro atoms. The van der Waals surface area contributed by atoms with Gasteiger partial charge in [-0.25, -0.2) is 0 Å². The molecule has 0 saturated heterocycles. The number of carbonyl (C=O) groups is 1. The number of carbonyl (C=O) groups excluding carboxylic acids is 1. The molecule has 1 aromatic carbocycles. The van der Waals surface area contributed by atoms with E-state index in [-0.39, 0.29) is 18.6 Å². The standard InChI is InChI=1S/C16H26N2O2/c1-11(2)5-6-13(4)18-16(19)10-20-15-8-7-14(17)9-12(15)3/h7-9,11,13H,5-6,10,17H2,1-4H3,(H,18,19). The maximum Gasteiger partial charge on any atom is 0.258 e. The lowest BCUT2D eigenvalue weighted by atomic mass is 10.0. The van der Waals surface area contributed by atoms with Gasteiger partial charge in [0.15, 0.2) is 6.61 Å². The minimum atomic E-state index is -0.0857. The van der Waals surface area contributed by atoms with Gasteiger partial charge in [-0.05, 0) is 56.4 Å². The summed E-state index contributed by atoms with van der Waals surface area (Å²) in [6, 6.07) is 5.57. The Balaban J connectivity index is 2.36. The topological polar surface area (TPSA) is 64.3 Å². The number of hydrogen-bond acceptors (Lipinski definition) is 3. The maximum absolute atomic E-state index is 11.8. The average Bonchev–Trinajstić information content (AvgIpc) is 2.35. The second-order valence-corrected chi connectivity index (χ2v) is 5.75. The average molecular weight is 278 g/mol. The Morgan fingerprint density at radius 2 is 2.00 bits per heavy atom. The van der Waals surface area contributed by atoms with Crippen molar-refractivity contribution in [1.82, 2.24) is 5.32 Å². The zero-order valence-electron chi connectivity index (χ0n) is 12.9. The third kappa shape index (κ3) is 5.95. The molecular weight excluding hydrogens is 252 g/mol. The van der Waals surface area contributed by atoms with Gasteiger partial charge in [0, 0.05) is 11.7 Å². The highest BCUT2D eigenvalue weighted by molar-refractivity contribution is 5.77. The lowest BCUT2D eigenvalue weighted by Crippen LogP contribution is -2.36. The number of nitrogen functional groups attached to an aromatic ring is 1. The molecule has 1 rings (SSSR count). The van der Waals surface area contributed by atoms with Crippen LogP contribution in [0.15, 0.2) is 18.2 Å². The van der Waals surface area contributed by atoms with Crippen molar-refractivity contribution in [1.29, 1.82) is 0 Å². The predicted molar refractivity (Wildman–Crippen MR) is 82.8 cm³/mol. The van der Waals surface area contributed by atoms with Crippen LogP contribution in [0.25, 0.3) is 0 Å². The summed E-state index contributed by atoms with van der Waals surface area (Å²) in [6.45, 7) is 8.34. The number of nitrogens with one attached hydrogen (secondary N) is 1. The number of hydrogen-bond donors (Lipinski definition) is 2. The van der Waals surface area contributed by atoms with E-state index in [1.807, 2.05) is 19.9 Å². The number of ether oxygens (including phenoxy) is 1. The predicted octanol–water partition coefficient (Wildman–Crippen LogP) is 2.90. The number of anilines is 1. The first kappa shape index (κ1) is 16.3. The van der Waals surface area contributed by atoms with E-state index in [2.05, 4.69) is 19.2 Å². The maximum atomic E-state index is 11.8. The fourth-order valence-electron chi connectivity index (χ4n) is 1.95. The fraction of sp³-hybridized carbons (Fsp3) is 0.562. The van der Waals surface area contributed by atoms with Gasteiger partial charge in [-0.15, -0.1) is 0 Å². The molecule has 0 aliphatic heterocycles. The van der Waals surface area contributed by atoms with E-state index < -0.39 is 0 Å². The normalized spacial score (nSPS) is 12.2. The number of amides is 1. The Bertz CT molecular complexity index is 444. The van der Waals surface area contributed by atoms with E-state index >= 15 is 0 Å². The Morgan fingerprint density at radius 1 is 1.30 bits per heavy atom. The SMILES string of the molecule is Cc1cc(N)ccc1OCC(=O)NC(C)CCC(C)C. The van der Waals surface area contributed by atoms with Gasteiger partial charge in [0.2, 0.25) is 0 Å². The largest absolute Gasteiger partial charge is 0.484 e. The zero-order valence-corrected chi connectivity index (χ0v) is 12.9. The number of rotatable bonds is 7. The fourth-order valence-corrected chi connectivity index (χ4v) is 1.95. The van der Waals surface area contributed by atoms with Crippen molar-refractivity contribution in [3.8, 4) is 5.75 Å². The van der Waals surface area contributed by atoms with Gasteiger partial charge in [0.1, 0.15) is 5.75 Å². The van der Waals surface area contributed by atoms with E-state index in [4.69, 9.17) is 10.5 Å². The smallest absolute Gasteiger partial charge is 0.258 e. The Hall–Kier alpha value is -1.71. The van der Waals surface area contributed by atoms with Crippen LogP contribution in [0.5, 0.6) is 5.75 Å². The second kappa shape index (κ2) is 7.78. The van der Waals surface area contributed by atoms with Crippen molar-refractivity contribution in [2.45, 2.75) is 46.6 Å². The van der Waals surface area contributed by atoms with Crippen LogP contribution in [-0.2, 0) is 4.79 Å². The van der Waals surface area contributed by atoms with Gasteiger partial charge < -0.3 is 15.8 Å². The molecule has 4 nitrogen and oxygen atoms in total. The molecule has 0 radical (unpaired) electrons. The van der Waals surface area contributed by atoms with Crippen molar-refractivity contribution in [2.75, 3.05) is 12.3 Å². The summed E-state index contributed by atoms with van der Waals surface area (Å²) in [7, 11) is 0. The van der Waals surface area contributed by atoms with Crippen LogP contribution in [0.4, 0.5) is 5.69 Å². The van der Waals surface area contributed by atoms with Crippen LogP contribution in [0, 0.1) is 12.8 Å². The van der Waals surface area contributed by atoms with Crippen molar-refractivity contribution in [2.24, 2.45) is 5.92 Å². The highest BCUT2D eigenvalue weighted by atomic mass is 16.5. The Morgan fingerprint density at radius 3 is 2.60 bits per heavy atom. The van der Waals surface area contributed by atoms with Crippen LogP contribution in [0.3, 0.4) is 0 Å². The van der Waals surface area contributed by atoms with E-state index in [1.165, 1.54) is 0 Å². The minimum Gasteiger partial charge on any atom is -0.484 e. The molecule has 112 valence electrons. The van der Waals surface area contributed by atoms with Crippen LogP contribution in [0.1, 0.15) is 39.2 Å². The van der Waals surface area contributed by atoms with Gasteiger partial charge in [0.25, 0.3) is 5.91 Å². The van der Waals surface area contributed by atoms with Crippen LogP contribution in [-0.4, -0.2) is 18.6 Å². The van der Waals surface area contributed by atoms with Crippen LogP contribution in [0.2, 0.25) is 0 Å². The third-order valence-electron chi connectivity index (χ3n) is 3.14. The van der Waals surface area contributed by atoms with Crippen molar-refractivity contribution in [3.05, 3.63) is 23.8 Å². The first-order chi connectivity index (χ1) is 9.38. The zero-order chi connectivity index (χ0) is 15.1. The highest BCUT2D eigenvalue weighted by Crippen LogP contribution is 2.19. The molecule has 0 fully saturated rings. The van der Waals surface area contributed by atoms with Gasteiger partial charge in [-0.1, -0.05) is 13.8 Å². The highest BCUT2D eigenvalue weighted by Gasteiger charge is 2.09. The molecular formula is C16H26N2O2. The number of nitrogens with two attached hydrogens (primary N) is 1. The molecule has 0 aliphatic rings. The summed E-state index contributed by atoms with van der Waals surface area (Å²) in [6.07, 6.45) is 2.10. The van der Waals surface area contributed by atoms with Crippen LogP contribution >= 0.6 is 0 Å². The van der Waals surface area contributed by atoms with Gasteiger partial charge in [-0.2, -0.15) is 0 Å². The molecule has 1 aromatic rings. The van der Waals surface area contributed by atoms with E-state index in [9.17, 15) is 4.79 Å². The Kier molecular flexibility index (Phi) is 6.36. The first-order valence-electron chi connectivity index (χ1n) is 7.16. The van der Waals surface area contributed by atoms with E-state index in [0.717, 1.165) is 18.4 Å². The molecule has 0 aliphatic carbocycles. The molecule has 1 atom stereocenters. The molecule has 0 bridgehead atoms. The summed E-state index contributed by atoms with van der Waals surface area (Å²) in [5.74, 6) is 1.27. The van der Waals surface area contributed by atoms with Crippen molar-refractivity contribution >= 4 is 11.6 Å². The molecule has 1 unspecified atom stereocenters. The molecule has 20 heavy (non-hydrogen) atoms. The van der Waals surface area contributed by atoms with Crippen LogP contribution < -0.4 is 15.8 Å². The summed E-state index contributed by atoms with van der Waals surface area (Å²) in [5, 5.41) is 2.95. The third-order valence-corrected chi connectivity index (χ3v) is 3.14. The van der Waals surface area contributed by atoms with Gasteiger partial charge in [-0.3, -0.25) is 4.79 Å². The number of benzene rings is 1. The summed E-state index contributed by atoms with van der Waals surface area (Å²) in [4.78, 5) is 11.8. The van der Waals surface area contributed by atoms with Gasteiger partial charge >= 0.3 is 0 Å². The monoisotopic (exact) mass is 278 g/mol. The number of aryl methyl sites for hydroxylation is 1. The van der Waals surface area contributed by atoms with Crippen molar-refractivity contribution < 1.29 is 9.53 Å². The molecule has 4 heteroatoms. The summed E-state index contributed by atoms with van der Waals surface area (Å²) >= 11 is 0. The van der Waals surface area contributed by atoms with Crippen molar-refractivity contribution in [3.63, 3.8) is 0 Å². The molecule has 1 amide bonds. The lowest BCUT2D eigenvalue weighted by Gasteiger charge is -2.16. The molecule has 0 saturated carbocycles. The second-order valence-electron chi connectivity index (χ2n) is 5.75. The lowest BCUT2D eigenvalue weighted by molar-refractivity contribution is -0.123.